The van der Waals surface area contributed by atoms with E-state index in [0.29, 0.717) is 12.1 Å². The van der Waals surface area contributed by atoms with Crippen LogP contribution in [0.5, 0.6) is 0 Å². The van der Waals surface area contributed by atoms with Gasteiger partial charge in [0, 0.05) is 19.4 Å². The predicted octanol–water partition coefficient (Wildman–Crippen LogP) is 0.764. The predicted molar refractivity (Wildman–Crippen MR) is 51.3 cm³/mol. The number of aryl methyl sites for hydroxylation is 3. The Morgan fingerprint density at radius 3 is 2.57 bits per heavy atom. The molecule has 74 valence electrons. The molecule has 1 heterocycles. The molecule has 0 aliphatic heterocycles. The molecule has 0 amide bonds. The van der Waals surface area contributed by atoms with E-state index in [0.717, 1.165) is 5.56 Å². The average Bonchev–Trinajstić information content (AvgIpc) is 2.23. The number of carbonyl (C=O) groups is 1. The molecule has 5 heteroatoms. The highest BCUT2D eigenvalue weighted by Gasteiger charge is 1.91. The Kier molecular flexibility index (Phi) is 3.28. The van der Waals surface area contributed by atoms with Crippen LogP contribution in [0.1, 0.15) is 22.0 Å². The molecule has 0 spiro atoms. The van der Waals surface area contributed by atoms with Crippen molar-refractivity contribution in [1.29, 1.82) is 0 Å². The second-order valence-corrected chi connectivity index (χ2v) is 2.91. The first-order valence-corrected chi connectivity index (χ1v) is 4.16. The third-order valence-electron chi connectivity index (χ3n) is 1.68. The van der Waals surface area contributed by atoms with Crippen LogP contribution < -0.4 is 0 Å². The summed E-state index contributed by atoms with van der Waals surface area (Å²) in [6, 6.07) is 0. The highest BCUT2D eigenvalue weighted by Crippen LogP contribution is 1.89. The fraction of sp³-hybridized carbons (Fsp3) is 0.333. The minimum absolute atomic E-state index is 0.136. The lowest BCUT2D eigenvalue weighted by atomic mass is 10.4. The van der Waals surface area contributed by atoms with E-state index in [-0.39, 0.29) is 5.82 Å². The number of aldehydes is 1. The largest absolute Gasteiger partial charge is 0.294 e. The normalized spacial score (nSPS) is 9.36. The SMILES string of the molecule is Cc1cnc(C=O)nn(C)c(C)nc1. The van der Waals surface area contributed by atoms with Gasteiger partial charge in [-0.05, 0) is 19.4 Å². The van der Waals surface area contributed by atoms with E-state index in [4.69, 9.17) is 0 Å². The molecule has 0 aliphatic carbocycles. The van der Waals surface area contributed by atoms with Gasteiger partial charge in [-0.3, -0.25) is 9.48 Å². The number of carbonyl (C=O) groups excluding carboxylic acids is 1. The summed E-state index contributed by atoms with van der Waals surface area (Å²) in [5.41, 5.74) is 0.870. The Hall–Kier alpha value is -1.78. The summed E-state index contributed by atoms with van der Waals surface area (Å²) in [6.45, 7) is 3.66. The molecule has 0 fully saturated rings. The highest BCUT2D eigenvalue weighted by molar-refractivity contribution is 5.67. The third kappa shape index (κ3) is 2.62. The molecule has 0 bridgehead atoms. The lowest BCUT2D eigenvalue weighted by molar-refractivity contribution is 0.111. The monoisotopic (exact) mass is 192 g/mol. The summed E-state index contributed by atoms with van der Waals surface area (Å²) in [5.74, 6) is 0.839. The molecule has 1 aromatic heterocycles. The number of rotatable bonds is 1. The zero-order chi connectivity index (χ0) is 10.6. The van der Waals surface area contributed by atoms with Crippen molar-refractivity contribution in [2.45, 2.75) is 13.8 Å². The molecule has 0 atom stereocenters. The second kappa shape index (κ2) is 4.45. The van der Waals surface area contributed by atoms with Crippen molar-refractivity contribution in [3.05, 3.63) is 29.6 Å². The van der Waals surface area contributed by atoms with Crippen LogP contribution >= 0.6 is 0 Å². The van der Waals surface area contributed by atoms with Gasteiger partial charge in [-0.25, -0.2) is 9.97 Å². The molecule has 5 nitrogen and oxygen atoms in total. The van der Waals surface area contributed by atoms with Gasteiger partial charge in [-0.15, -0.1) is 5.10 Å². The summed E-state index contributed by atoms with van der Waals surface area (Å²) in [5, 5.41) is 3.95. The van der Waals surface area contributed by atoms with Crippen molar-refractivity contribution in [3.8, 4) is 0 Å². The first kappa shape index (κ1) is 10.3. The summed E-state index contributed by atoms with van der Waals surface area (Å²) in [4.78, 5) is 18.6. The number of nitrogens with zero attached hydrogens (tertiary/aromatic N) is 4. The van der Waals surface area contributed by atoms with Gasteiger partial charge >= 0.3 is 0 Å². The van der Waals surface area contributed by atoms with E-state index in [9.17, 15) is 4.79 Å². The van der Waals surface area contributed by atoms with Crippen molar-refractivity contribution in [3.63, 3.8) is 0 Å². The Balaban J connectivity index is 3.51. The van der Waals surface area contributed by atoms with Crippen LogP contribution in [0.2, 0.25) is 0 Å². The van der Waals surface area contributed by atoms with E-state index in [1.165, 1.54) is 4.68 Å². The Morgan fingerprint density at radius 1 is 1.29 bits per heavy atom. The minimum atomic E-state index is 0.136. The van der Waals surface area contributed by atoms with Crippen LogP contribution in [0, 0.1) is 13.8 Å². The molecule has 0 N–H and O–H groups in total. The van der Waals surface area contributed by atoms with Crippen molar-refractivity contribution < 1.29 is 4.79 Å². The first-order valence-electron chi connectivity index (χ1n) is 4.16. The van der Waals surface area contributed by atoms with Crippen molar-refractivity contribution >= 4 is 6.29 Å². The quantitative estimate of drug-likeness (QED) is 0.616. The maximum absolute atomic E-state index is 10.6. The smallest absolute Gasteiger partial charge is 0.212 e. The van der Waals surface area contributed by atoms with Crippen LogP contribution in [-0.4, -0.2) is 26.0 Å². The number of hydrogen-bond donors (Lipinski definition) is 0. The lowest BCUT2D eigenvalue weighted by Gasteiger charge is -1.94. The van der Waals surface area contributed by atoms with Gasteiger partial charge < -0.3 is 0 Å². The fourth-order valence-electron chi connectivity index (χ4n) is 0.786. The standard InChI is InChI=1S/C9H12N4O/c1-7-4-10-8(2)13(3)12-9(6-14)11-5-7/h4-6H,1-3H3. The van der Waals surface area contributed by atoms with E-state index in [2.05, 4.69) is 15.1 Å². The topological polar surface area (TPSA) is 60.7 Å². The molecule has 1 rings (SSSR count). The first-order chi connectivity index (χ1) is 6.63. The Labute approximate surface area is 82.1 Å². The van der Waals surface area contributed by atoms with Crippen molar-refractivity contribution in [1.82, 2.24) is 19.7 Å². The number of hydrogen-bond acceptors (Lipinski definition) is 4. The summed E-state index contributed by atoms with van der Waals surface area (Å²) in [6.07, 6.45) is 3.85. The van der Waals surface area contributed by atoms with Crippen molar-refractivity contribution in [2.24, 2.45) is 7.05 Å². The second-order valence-electron chi connectivity index (χ2n) is 2.91. The molecule has 0 unspecified atom stereocenters. The summed E-state index contributed by atoms with van der Waals surface area (Å²) in [7, 11) is 1.71. The van der Waals surface area contributed by atoms with Crippen LogP contribution in [-0.2, 0) is 7.05 Å². The van der Waals surface area contributed by atoms with E-state index in [1.807, 2.05) is 6.92 Å². The molecule has 14 heavy (non-hydrogen) atoms. The molecule has 0 aliphatic rings. The van der Waals surface area contributed by atoms with Crippen molar-refractivity contribution in [2.75, 3.05) is 0 Å². The molecular formula is C9H12N4O. The Bertz CT molecular complexity index is 396. The average molecular weight is 192 g/mol. The van der Waals surface area contributed by atoms with Gasteiger partial charge in [0.25, 0.3) is 0 Å². The fourth-order valence-corrected chi connectivity index (χ4v) is 0.786. The van der Waals surface area contributed by atoms with E-state index >= 15 is 0 Å². The molecule has 1 aromatic rings. The summed E-state index contributed by atoms with van der Waals surface area (Å²) < 4.78 is 1.51. The van der Waals surface area contributed by atoms with Crippen LogP contribution in [0.15, 0.2) is 12.4 Å². The van der Waals surface area contributed by atoms with Crippen LogP contribution in [0.25, 0.3) is 0 Å². The molecular weight excluding hydrogens is 180 g/mol. The van der Waals surface area contributed by atoms with Gasteiger partial charge in [0.15, 0.2) is 6.29 Å². The number of aromatic nitrogens is 4. The van der Waals surface area contributed by atoms with Gasteiger partial charge in [0.1, 0.15) is 5.82 Å². The third-order valence-corrected chi connectivity index (χ3v) is 1.68. The van der Waals surface area contributed by atoms with E-state index < -0.39 is 0 Å². The molecule has 0 radical (unpaired) electrons. The highest BCUT2D eigenvalue weighted by atomic mass is 16.1. The van der Waals surface area contributed by atoms with Gasteiger partial charge in [-0.2, -0.15) is 0 Å². The maximum atomic E-state index is 10.6. The van der Waals surface area contributed by atoms with Gasteiger partial charge in [0.05, 0.1) is 0 Å². The summed E-state index contributed by atoms with van der Waals surface area (Å²) >= 11 is 0. The van der Waals surface area contributed by atoms with Gasteiger partial charge in [0.2, 0.25) is 5.82 Å². The molecule has 0 saturated carbocycles. The van der Waals surface area contributed by atoms with Gasteiger partial charge in [-0.1, -0.05) is 0 Å². The van der Waals surface area contributed by atoms with E-state index in [1.54, 1.807) is 26.4 Å². The minimum Gasteiger partial charge on any atom is -0.294 e. The van der Waals surface area contributed by atoms with Crippen LogP contribution in [0.3, 0.4) is 0 Å². The molecule has 0 aromatic carbocycles. The zero-order valence-corrected chi connectivity index (χ0v) is 8.43. The van der Waals surface area contributed by atoms with Crippen LogP contribution in [0.4, 0.5) is 0 Å². The lowest BCUT2D eigenvalue weighted by Crippen LogP contribution is -2.03. The zero-order valence-electron chi connectivity index (χ0n) is 8.43. The maximum Gasteiger partial charge on any atom is 0.212 e. The molecule has 0 saturated heterocycles. The Morgan fingerprint density at radius 2 is 1.93 bits per heavy atom.